The lowest BCUT2D eigenvalue weighted by molar-refractivity contribution is 0.128. The van der Waals surface area contributed by atoms with Crippen molar-refractivity contribution in [2.75, 3.05) is 25.5 Å². The van der Waals surface area contributed by atoms with Crippen molar-refractivity contribution in [1.29, 1.82) is 0 Å². The summed E-state index contributed by atoms with van der Waals surface area (Å²) in [5.74, 6) is 0.901. The topological polar surface area (TPSA) is 50.2 Å². The molecule has 1 aliphatic heterocycles. The van der Waals surface area contributed by atoms with Crippen molar-refractivity contribution < 1.29 is 0 Å². The molecule has 23 heavy (non-hydrogen) atoms. The number of aromatic nitrogens is 2. The lowest BCUT2D eigenvalue weighted by atomic mass is 9.85. The molecule has 1 fully saturated rings. The second-order valence-electron chi connectivity index (χ2n) is 6.31. The van der Waals surface area contributed by atoms with Gasteiger partial charge in [-0.25, -0.2) is 4.98 Å². The van der Waals surface area contributed by atoms with Crippen LogP contribution in [0.3, 0.4) is 0 Å². The third-order valence-corrected chi connectivity index (χ3v) is 4.70. The van der Waals surface area contributed by atoms with Crippen molar-refractivity contribution >= 4 is 5.82 Å². The van der Waals surface area contributed by atoms with Crippen LogP contribution in [0.4, 0.5) is 5.82 Å². The number of nitrogens with zero attached hydrogens (tertiary/aromatic N) is 3. The Labute approximate surface area is 137 Å². The molecule has 3 rings (SSSR count). The molecule has 0 aliphatic carbocycles. The Morgan fingerprint density at radius 2 is 2.04 bits per heavy atom. The first-order valence-electron chi connectivity index (χ1n) is 8.17. The van der Waals surface area contributed by atoms with Gasteiger partial charge in [0, 0.05) is 32.0 Å². The predicted octanol–water partition coefficient (Wildman–Crippen LogP) is 2.28. The lowest BCUT2D eigenvalue weighted by Gasteiger charge is -2.39. The minimum absolute atomic E-state index is 0.0760. The normalized spacial score (nSPS) is 22.0. The maximum Gasteiger partial charge on any atom is 0.293 e. The lowest BCUT2D eigenvalue weighted by Crippen LogP contribution is -2.39. The van der Waals surface area contributed by atoms with Crippen LogP contribution in [0.1, 0.15) is 24.4 Å². The number of likely N-dealkylation sites (tertiary alicyclic amines) is 1. The van der Waals surface area contributed by atoms with E-state index in [1.54, 1.807) is 24.0 Å². The maximum absolute atomic E-state index is 12.1. The third-order valence-electron chi connectivity index (χ3n) is 4.70. The molecule has 0 radical (unpaired) electrons. The summed E-state index contributed by atoms with van der Waals surface area (Å²) in [6.45, 7) is 1.87. The van der Waals surface area contributed by atoms with Gasteiger partial charge in [-0.15, -0.1) is 0 Å². The fourth-order valence-corrected chi connectivity index (χ4v) is 3.50. The number of rotatable bonds is 4. The van der Waals surface area contributed by atoms with E-state index in [4.69, 9.17) is 0 Å². The molecule has 1 aromatic heterocycles. The van der Waals surface area contributed by atoms with Gasteiger partial charge in [0.2, 0.25) is 0 Å². The van der Waals surface area contributed by atoms with E-state index in [1.807, 2.05) is 0 Å². The zero-order valence-electron chi connectivity index (χ0n) is 13.8. The van der Waals surface area contributed by atoms with Gasteiger partial charge in [-0.3, -0.25) is 9.69 Å². The first kappa shape index (κ1) is 15.7. The SMILES string of the molecule is CN1CCC[C@H](CNc2nccn(C)c2=O)[C@H]1c1ccccc1. The van der Waals surface area contributed by atoms with E-state index in [2.05, 4.69) is 52.6 Å². The molecule has 122 valence electrons. The van der Waals surface area contributed by atoms with Crippen LogP contribution in [-0.2, 0) is 7.05 Å². The average Bonchev–Trinajstić information content (AvgIpc) is 2.57. The number of anilines is 1. The van der Waals surface area contributed by atoms with E-state index in [0.29, 0.717) is 17.8 Å². The summed E-state index contributed by atoms with van der Waals surface area (Å²) in [6.07, 6.45) is 5.68. The van der Waals surface area contributed by atoms with Crippen LogP contribution < -0.4 is 10.9 Å². The second kappa shape index (κ2) is 6.96. The first-order valence-corrected chi connectivity index (χ1v) is 8.17. The Hall–Kier alpha value is -2.14. The molecule has 0 unspecified atom stereocenters. The third kappa shape index (κ3) is 3.45. The molecule has 5 nitrogen and oxygen atoms in total. The van der Waals surface area contributed by atoms with Gasteiger partial charge in [-0.05, 0) is 37.9 Å². The minimum Gasteiger partial charge on any atom is -0.365 e. The van der Waals surface area contributed by atoms with Crippen molar-refractivity contribution in [1.82, 2.24) is 14.5 Å². The molecule has 0 saturated carbocycles. The van der Waals surface area contributed by atoms with Crippen LogP contribution in [0.5, 0.6) is 0 Å². The highest BCUT2D eigenvalue weighted by molar-refractivity contribution is 5.31. The van der Waals surface area contributed by atoms with Gasteiger partial charge >= 0.3 is 0 Å². The highest BCUT2D eigenvalue weighted by Gasteiger charge is 2.30. The first-order chi connectivity index (χ1) is 11.2. The molecule has 2 aromatic rings. The Bertz CT molecular complexity index is 698. The summed E-state index contributed by atoms with van der Waals surface area (Å²) >= 11 is 0. The zero-order chi connectivity index (χ0) is 16.2. The van der Waals surface area contributed by atoms with Gasteiger partial charge in [-0.2, -0.15) is 0 Å². The maximum atomic E-state index is 12.1. The van der Waals surface area contributed by atoms with Gasteiger partial charge < -0.3 is 9.88 Å². The molecule has 0 bridgehead atoms. The summed E-state index contributed by atoms with van der Waals surface area (Å²) in [7, 11) is 3.93. The summed E-state index contributed by atoms with van der Waals surface area (Å²) in [5.41, 5.74) is 1.27. The van der Waals surface area contributed by atoms with E-state index < -0.39 is 0 Å². The van der Waals surface area contributed by atoms with E-state index in [0.717, 1.165) is 19.5 Å². The number of hydrogen-bond acceptors (Lipinski definition) is 4. The Kier molecular flexibility index (Phi) is 4.76. The summed E-state index contributed by atoms with van der Waals surface area (Å²) in [6, 6.07) is 11.0. The molecule has 1 aliphatic rings. The molecule has 0 spiro atoms. The number of piperidine rings is 1. The van der Waals surface area contributed by atoms with Gasteiger partial charge in [0.15, 0.2) is 5.82 Å². The van der Waals surface area contributed by atoms with Crippen LogP contribution in [0.25, 0.3) is 0 Å². The van der Waals surface area contributed by atoms with Crippen LogP contribution in [0.2, 0.25) is 0 Å². The van der Waals surface area contributed by atoms with Gasteiger partial charge in [0.25, 0.3) is 5.56 Å². The molecular formula is C18H24N4O. The van der Waals surface area contributed by atoms with Crippen molar-refractivity contribution in [2.24, 2.45) is 13.0 Å². The number of benzene rings is 1. The summed E-state index contributed by atoms with van der Waals surface area (Å²) < 4.78 is 1.55. The van der Waals surface area contributed by atoms with Gasteiger partial charge in [0.1, 0.15) is 0 Å². The van der Waals surface area contributed by atoms with Crippen molar-refractivity contribution in [2.45, 2.75) is 18.9 Å². The summed E-state index contributed by atoms with van der Waals surface area (Å²) in [4.78, 5) is 18.7. The number of nitrogens with one attached hydrogen (secondary N) is 1. The Morgan fingerprint density at radius 1 is 1.26 bits per heavy atom. The predicted molar refractivity (Wildman–Crippen MR) is 92.5 cm³/mol. The Morgan fingerprint density at radius 3 is 2.83 bits per heavy atom. The van der Waals surface area contributed by atoms with E-state index in [-0.39, 0.29) is 5.56 Å². The van der Waals surface area contributed by atoms with Crippen molar-refractivity contribution in [3.05, 3.63) is 58.6 Å². The van der Waals surface area contributed by atoms with Crippen LogP contribution in [-0.4, -0.2) is 34.6 Å². The fourth-order valence-electron chi connectivity index (χ4n) is 3.50. The number of aryl methyl sites for hydroxylation is 1. The van der Waals surface area contributed by atoms with Crippen LogP contribution in [0, 0.1) is 5.92 Å². The van der Waals surface area contributed by atoms with Gasteiger partial charge in [-0.1, -0.05) is 30.3 Å². The van der Waals surface area contributed by atoms with Crippen molar-refractivity contribution in [3.8, 4) is 0 Å². The monoisotopic (exact) mass is 312 g/mol. The molecule has 2 atom stereocenters. The van der Waals surface area contributed by atoms with Crippen LogP contribution in [0.15, 0.2) is 47.5 Å². The van der Waals surface area contributed by atoms with E-state index >= 15 is 0 Å². The van der Waals surface area contributed by atoms with Crippen LogP contribution >= 0.6 is 0 Å². The van der Waals surface area contributed by atoms with Crippen molar-refractivity contribution in [3.63, 3.8) is 0 Å². The molecule has 1 saturated heterocycles. The Balaban J connectivity index is 1.77. The van der Waals surface area contributed by atoms with Gasteiger partial charge in [0.05, 0.1) is 0 Å². The fraction of sp³-hybridized carbons (Fsp3) is 0.444. The zero-order valence-corrected chi connectivity index (χ0v) is 13.8. The summed E-state index contributed by atoms with van der Waals surface area (Å²) in [5, 5.41) is 3.27. The quantitative estimate of drug-likeness (QED) is 0.941. The molecule has 2 heterocycles. The molecule has 1 aromatic carbocycles. The molecule has 1 N–H and O–H groups in total. The van der Waals surface area contributed by atoms with E-state index in [9.17, 15) is 4.79 Å². The highest BCUT2D eigenvalue weighted by Crippen LogP contribution is 2.34. The molecule has 5 heteroatoms. The van der Waals surface area contributed by atoms with E-state index in [1.165, 1.54) is 12.0 Å². The smallest absolute Gasteiger partial charge is 0.293 e. The minimum atomic E-state index is -0.0760. The molecule has 0 amide bonds. The number of hydrogen-bond donors (Lipinski definition) is 1. The largest absolute Gasteiger partial charge is 0.365 e. The highest BCUT2D eigenvalue weighted by atomic mass is 16.1. The molecular weight excluding hydrogens is 288 g/mol. The second-order valence-corrected chi connectivity index (χ2v) is 6.31. The standard InChI is InChI=1S/C18H24N4O/c1-21-11-6-9-15(16(21)14-7-4-3-5-8-14)13-20-17-18(23)22(2)12-10-19-17/h3-5,7-8,10,12,15-16H,6,9,11,13H2,1-2H3,(H,19,20)/t15-,16-/m1/s1. The average molecular weight is 312 g/mol.